The molecule has 0 aromatic heterocycles. The first-order valence-corrected chi connectivity index (χ1v) is 10.1. The van der Waals surface area contributed by atoms with Gasteiger partial charge >= 0.3 is 0 Å². The molecule has 0 spiro atoms. The van der Waals surface area contributed by atoms with Crippen LogP contribution in [0.3, 0.4) is 0 Å². The van der Waals surface area contributed by atoms with Gasteiger partial charge < -0.3 is 14.4 Å². The zero-order chi connectivity index (χ0) is 20.6. The number of allylic oxidation sites excluding steroid dienone is 1. The van der Waals surface area contributed by atoms with E-state index in [2.05, 4.69) is 11.0 Å². The van der Waals surface area contributed by atoms with Crippen molar-refractivity contribution in [2.75, 3.05) is 46.9 Å². The lowest BCUT2D eigenvalue weighted by Gasteiger charge is -2.34. The maximum absolute atomic E-state index is 12.7. The van der Waals surface area contributed by atoms with Crippen LogP contribution in [0, 0.1) is 0 Å². The number of rotatable bonds is 7. The Hall–Kier alpha value is -2.79. The molecule has 0 aliphatic carbocycles. The molecule has 5 heteroatoms. The summed E-state index contributed by atoms with van der Waals surface area (Å²) in [5.41, 5.74) is 3.23. The van der Waals surface area contributed by atoms with Crippen LogP contribution in [0.5, 0.6) is 11.5 Å². The Balaban J connectivity index is 1.49. The first-order valence-electron chi connectivity index (χ1n) is 10.1. The van der Waals surface area contributed by atoms with Gasteiger partial charge in [-0.15, -0.1) is 0 Å². The average molecular weight is 395 g/mol. The van der Waals surface area contributed by atoms with Gasteiger partial charge in [-0.2, -0.15) is 0 Å². The molecular weight excluding hydrogens is 364 g/mol. The normalized spacial score (nSPS) is 15.3. The van der Waals surface area contributed by atoms with E-state index in [1.165, 1.54) is 5.56 Å². The predicted octanol–water partition coefficient (Wildman–Crippen LogP) is 3.49. The van der Waals surface area contributed by atoms with Crippen molar-refractivity contribution in [2.24, 2.45) is 0 Å². The molecule has 1 fully saturated rings. The molecule has 3 rings (SSSR count). The number of benzene rings is 2. The van der Waals surface area contributed by atoms with Gasteiger partial charge in [0.1, 0.15) is 11.5 Å². The predicted molar refractivity (Wildman–Crippen MR) is 116 cm³/mol. The molecule has 0 atom stereocenters. The highest BCUT2D eigenvalue weighted by Gasteiger charge is 2.20. The molecule has 5 nitrogen and oxygen atoms in total. The van der Waals surface area contributed by atoms with Crippen LogP contribution in [0.4, 0.5) is 0 Å². The van der Waals surface area contributed by atoms with Gasteiger partial charge in [-0.05, 0) is 48.2 Å². The highest BCUT2D eigenvalue weighted by atomic mass is 16.5. The van der Waals surface area contributed by atoms with Crippen molar-refractivity contribution in [3.05, 3.63) is 65.7 Å². The highest BCUT2D eigenvalue weighted by Crippen LogP contribution is 2.20. The quantitative estimate of drug-likeness (QED) is 0.674. The standard InChI is InChI=1S/C24H30N2O3/c1-19(20-8-10-22(28-2)11-9-20)18-24(27)26-16-14-25(15-17-26)13-12-21-6-4-5-7-23(21)29-3/h4-11,18H,12-17H2,1-3H3/b19-18+. The summed E-state index contributed by atoms with van der Waals surface area (Å²) in [6, 6.07) is 16.0. The Labute approximate surface area is 173 Å². The molecule has 0 radical (unpaired) electrons. The fourth-order valence-electron chi connectivity index (χ4n) is 3.59. The van der Waals surface area contributed by atoms with Crippen molar-refractivity contribution in [3.63, 3.8) is 0 Å². The van der Waals surface area contributed by atoms with Gasteiger partial charge in [0, 0.05) is 38.8 Å². The average Bonchev–Trinajstić information content (AvgIpc) is 2.78. The van der Waals surface area contributed by atoms with Gasteiger partial charge in [0.2, 0.25) is 5.91 Å². The van der Waals surface area contributed by atoms with E-state index in [4.69, 9.17) is 9.47 Å². The van der Waals surface area contributed by atoms with E-state index in [0.29, 0.717) is 0 Å². The number of amides is 1. The number of hydrogen-bond donors (Lipinski definition) is 0. The molecule has 2 aromatic carbocycles. The zero-order valence-corrected chi connectivity index (χ0v) is 17.6. The maximum atomic E-state index is 12.7. The van der Waals surface area contributed by atoms with Gasteiger partial charge in [0.15, 0.2) is 0 Å². The second-order valence-corrected chi connectivity index (χ2v) is 7.28. The van der Waals surface area contributed by atoms with Crippen LogP contribution in [-0.2, 0) is 11.2 Å². The molecule has 0 N–H and O–H groups in total. The van der Waals surface area contributed by atoms with Crippen LogP contribution in [0.25, 0.3) is 5.57 Å². The number of hydrogen-bond acceptors (Lipinski definition) is 4. The summed E-state index contributed by atoms with van der Waals surface area (Å²) in [6.45, 7) is 6.27. The van der Waals surface area contributed by atoms with Gasteiger partial charge in [0.25, 0.3) is 0 Å². The minimum atomic E-state index is 0.0858. The molecular formula is C24H30N2O3. The fourth-order valence-corrected chi connectivity index (χ4v) is 3.59. The van der Waals surface area contributed by atoms with Crippen molar-refractivity contribution in [3.8, 4) is 11.5 Å². The third-order valence-electron chi connectivity index (χ3n) is 5.46. The molecule has 1 amide bonds. The summed E-state index contributed by atoms with van der Waals surface area (Å²) in [5, 5.41) is 0. The van der Waals surface area contributed by atoms with Gasteiger partial charge in [-0.25, -0.2) is 0 Å². The summed E-state index contributed by atoms with van der Waals surface area (Å²) in [6.07, 6.45) is 2.70. The van der Waals surface area contributed by atoms with E-state index in [9.17, 15) is 4.79 Å². The van der Waals surface area contributed by atoms with Crippen molar-refractivity contribution in [1.82, 2.24) is 9.80 Å². The van der Waals surface area contributed by atoms with E-state index >= 15 is 0 Å². The first kappa shape index (κ1) is 20.9. The minimum absolute atomic E-state index is 0.0858. The van der Waals surface area contributed by atoms with Gasteiger partial charge in [-0.3, -0.25) is 9.69 Å². The third kappa shape index (κ3) is 5.61. The Bertz CT molecular complexity index is 837. The van der Waals surface area contributed by atoms with Crippen LogP contribution < -0.4 is 9.47 Å². The lowest BCUT2D eigenvalue weighted by atomic mass is 10.1. The molecule has 1 aliphatic heterocycles. The Morgan fingerprint density at radius 1 is 0.966 bits per heavy atom. The molecule has 0 saturated carbocycles. The number of methoxy groups -OCH3 is 2. The largest absolute Gasteiger partial charge is 0.497 e. The van der Waals surface area contributed by atoms with Crippen LogP contribution in [0.2, 0.25) is 0 Å². The van der Waals surface area contributed by atoms with E-state index in [1.54, 1.807) is 20.3 Å². The molecule has 29 heavy (non-hydrogen) atoms. The molecule has 2 aromatic rings. The van der Waals surface area contributed by atoms with Crippen LogP contribution in [-0.4, -0.2) is 62.7 Å². The lowest BCUT2D eigenvalue weighted by Crippen LogP contribution is -2.48. The van der Waals surface area contributed by atoms with Gasteiger partial charge in [0.05, 0.1) is 14.2 Å². The number of nitrogens with zero attached hydrogens (tertiary/aromatic N) is 2. The fraction of sp³-hybridized carbons (Fsp3) is 0.375. The van der Waals surface area contributed by atoms with Gasteiger partial charge in [-0.1, -0.05) is 30.3 Å². The molecule has 1 aliphatic rings. The Morgan fingerprint density at radius 3 is 2.31 bits per heavy atom. The first-order chi connectivity index (χ1) is 14.1. The molecule has 154 valence electrons. The smallest absolute Gasteiger partial charge is 0.246 e. The maximum Gasteiger partial charge on any atom is 0.246 e. The van der Waals surface area contributed by atoms with Crippen molar-refractivity contribution >= 4 is 11.5 Å². The van der Waals surface area contributed by atoms with Crippen LogP contribution in [0.15, 0.2) is 54.6 Å². The molecule has 0 bridgehead atoms. The summed E-state index contributed by atoms with van der Waals surface area (Å²) >= 11 is 0. The molecule has 1 heterocycles. The Morgan fingerprint density at radius 2 is 1.66 bits per heavy atom. The number of carbonyl (C=O) groups is 1. The van der Waals surface area contributed by atoms with E-state index < -0.39 is 0 Å². The van der Waals surface area contributed by atoms with E-state index in [1.807, 2.05) is 54.3 Å². The van der Waals surface area contributed by atoms with Crippen molar-refractivity contribution < 1.29 is 14.3 Å². The highest BCUT2D eigenvalue weighted by molar-refractivity contribution is 5.95. The summed E-state index contributed by atoms with van der Waals surface area (Å²) < 4.78 is 10.6. The molecule has 1 saturated heterocycles. The number of ether oxygens (including phenoxy) is 2. The topological polar surface area (TPSA) is 42.0 Å². The van der Waals surface area contributed by atoms with Crippen LogP contribution in [0.1, 0.15) is 18.1 Å². The Kier molecular flexibility index (Phi) is 7.30. The summed E-state index contributed by atoms with van der Waals surface area (Å²) in [7, 11) is 3.36. The molecule has 0 unspecified atom stereocenters. The SMILES string of the molecule is COc1ccc(/C(C)=C/C(=O)N2CCN(CCc3ccccc3OC)CC2)cc1. The number of carbonyl (C=O) groups excluding carboxylic acids is 1. The monoisotopic (exact) mass is 394 g/mol. The zero-order valence-electron chi connectivity index (χ0n) is 17.6. The second kappa shape index (κ2) is 10.1. The second-order valence-electron chi connectivity index (χ2n) is 7.28. The van der Waals surface area contributed by atoms with Crippen molar-refractivity contribution in [1.29, 1.82) is 0 Å². The minimum Gasteiger partial charge on any atom is -0.497 e. The number of piperazine rings is 1. The lowest BCUT2D eigenvalue weighted by molar-refractivity contribution is -0.127. The third-order valence-corrected chi connectivity index (χ3v) is 5.46. The number of para-hydroxylation sites is 1. The summed E-state index contributed by atoms with van der Waals surface area (Å²) in [4.78, 5) is 17.0. The van der Waals surface area contributed by atoms with Crippen molar-refractivity contribution in [2.45, 2.75) is 13.3 Å². The van der Waals surface area contributed by atoms with E-state index in [-0.39, 0.29) is 5.91 Å². The van der Waals surface area contributed by atoms with E-state index in [0.717, 1.165) is 61.8 Å². The van der Waals surface area contributed by atoms with Crippen LogP contribution >= 0.6 is 0 Å². The summed E-state index contributed by atoms with van der Waals surface area (Å²) in [5.74, 6) is 1.85.